The van der Waals surface area contributed by atoms with Crippen LogP contribution in [-0.4, -0.2) is 15.9 Å². The Balaban J connectivity index is 1.66. The van der Waals surface area contributed by atoms with Gasteiger partial charge >= 0.3 is 0 Å². The van der Waals surface area contributed by atoms with Crippen molar-refractivity contribution in [3.8, 4) is 0 Å². The minimum absolute atomic E-state index is 0.514. The molecule has 0 amide bonds. The second kappa shape index (κ2) is 5.40. The smallest absolute Gasteiger partial charge is 0.0726 e. The molecule has 5 atom stereocenters. The van der Waals surface area contributed by atoms with Gasteiger partial charge < -0.3 is 9.88 Å². The average Bonchev–Trinajstić information content (AvgIpc) is 3.20. The first-order chi connectivity index (χ1) is 12.1. The molecule has 2 unspecified atom stereocenters. The molecule has 2 fully saturated rings. The van der Waals surface area contributed by atoms with Crippen LogP contribution in [0.5, 0.6) is 0 Å². The zero-order chi connectivity index (χ0) is 17.3. The van der Waals surface area contributed by atoms with Crippen LogP contribution in [0.3, 0.4) is 0 Å². The Bertz CT molecular complexity index is 858. The van der Waals surface area contributed by atoms with E-state index in [0.29, 0.717) is 17.9 Å². The normalized spacial score (nSPS) is 34.7. The standard InChI is InChI=1S/C23H30N2/c1-13-14(2)23(21-15(3)17-9-5-7-11-19(17)24-21)25-20-12-8-6-10-18(20)16(4)22(13)25/h5,7,9,11,13-14,18,20,23-24H,6,8,10,12H2,1-4H3/t13-,14-,18?,20?,23-/m1/s1. The third kappa shape index (κ3) is 1.97. The van der Waals surface area contributed by atoms with Gasteiger partial charge in [0.25, 0.3) is 0 Å². The van der Waals surface area contributed by atoms with Gasteiger partial charge in [0.05, 0.1) is 6.04 Å². The molecule has 2 heteroatoms. The highest BCUT2D eigenvalue weighted by Crippen LogP contribution is 2.57. The Morgan fingerprint density at radius 1 is 1.04 bits per heavy atom. The first-order valence-electron chi connectivity index (χ1n) is 10.2. The lowest BCUT2D eigenvalue weighted by atomic mass is 9.79. The third-order valence-corrected chi connectivity index (χ3v) is 7.64. The van der Waals surface area contributed by atoms with Crippen LogP contribution in [0.15, 0.2) is 35.5 Å². The number of aryl methyl sites for hydroxylation is 1. The number of nitrogens with zero attached hydrogens (tertiary/aromatic N) is 1. The molecule has 0 bridgehead atoms. The highest BCUT2D eigenvalue weighted by molar-refractivity contribution is 5.84. The molecule has 1 N–H and O–H groups in total. The topological polar surface area (TPSA) is 19.0 Å². The van der Waals surface area contributed by atoms with E-state index in [4.69, 9.17) is 0 Å². The van der Waals surface area contributed by atoms with Crippen LogP contribution in [0.25, 0.3) is 10.9 Å². The van der Waals surface area contributed by atoms with E-state index in [1.807, 2.05) is 0 Å². The molecule has 3 aliphatic rings. The van der Waals surface area contributed by atoms with Crippen LogP contribution in [0.2, 0.25) is 0 Å². The fourth-order valence-corrected chi connectivity index (χ4v) is 6.25. The molecule has 2 aliphatic heterocycles. The summed E-state index contributed by atoms with van der Waals surface area (Å²) in [7, 11) is 0. The van der Waals surface area contributed by atoms with Crippen molar-refractivity contribution in [2.75, 3.05) is 0 Å². The molecular weight excluding hydrogens is 304 g/mol. The van der Waals surface area contributed by atoms with E-state index >= 15 is 0 Å². The molecule has 0 radical (unpaired) electrons. The summed E-state index contributed by atoms with van der Waals surface area (Å²) in [5.74, 6) is 2.15. The quantitative estimate of drug-likeness (QED) is 0.682. The number of allylic oxidation sites excluding steroid dienone is 1. The van der Waals surface area contributed by atoms with Gasteiger partial charge in [-0.05, 0) is 49.8 Å². The molecule has 0 spiro atoms. The number of para-hydroxylation sites is 1. The van der Waals surface area contributed by atoms with Gasteiger partial charge in [-0.1, -0.05) is 44.9 Å². The Hall–Kier alpha value is -1.70. The van der Waals surface area contributed by atoms with Crippen LogP contribution in [0.4, 0.5) is 0 Å². The molecule has 1 saturated carbocycles. The summed E-state index contributed by atoms with van der Waals surface area (Å²) in [4.78, 5) is 6.68. The number of aromatic nitrogens is 1. The predicted molar refractivity (Wildman–Crippen MR) is 104 cm³/mol. The molecule has 2 nitrogen and oxygen atoms in total. The first kappa shape index (κ1) is 15.5. The monoisotopic (exact) mass is 334 g/mol. The minimum atomic E-state index is 0.514. The maximum Gasteiger partial charge on any atom is 0.0726 e. The molecule has 2 aromatic rings. The van der Waals surface area contributed by atoms with Crippen molar-refractivity contribution in [3.63, 3.8) is 0 Å². The fraction of sp³-hybridized carbons (Fsp3) is 0.565. The molecular formula is C23H30N2. The van der Waals surface area contributed by atoms with Gasteiger partial charge in [0.15, 0.2) is 0 Å². The lowest BCUT2D eigenvalue weighted by Crippen LogP contribution is -2.37. The molecule has 1 aromatic heterocycles. The van der Waals surface area contributed by atoms with Crippen molar-refractivity contribution in [2.24, 2.45) is 17.8 Å². The summed E-state index contributed by atoms with van der Waals surface area (Å²) in [6.07, 6.45) is 5.59. The zero-order valence-corrected chi connectivity index (χ0v) is 16.0. The van der Waals surface area contributed by atoms with E-state index in [1.54, 1.807) is 11.3 Å². The third-order valence-electron chi connectivity index (χ3n) is 7.64. The van der Waals surface area contributed by atoms with Crippen molar-refractivity contribution < 1.29 is 0 Å². The van der Waals surface area contributed by atoms with E-state index in [9.17, 15) is 0 Å². The maximum absolute atomic E-state index is 3.82. The lowest BCUT2D eigenvalue weighted by Gasteiger charge is -2.38. The average molecular weight is 335 g/mol. The number of hydrogen-bond donors (Lipinski definition) is 1. The molecule has 1 saturated heterocycles. The van der Waals surface area contributed by atoms with Crippen LogP contribution >= 0.6 is 0 Å². The summed E-state index contributed by atoms with van der Waals surface area (Å²) in [6.45, 7) is 9.68. The summed E-state index contributed by atoms with van der Waals surface area (Å²) in [6, 6.07) is 10.1. The van der Waals surface area contributed by atoms with Crippen LogP contribution in [-0.2, 0) is 0 Å². The van der Waals surface area contributed by atoms with E-state index in [0.717, 1.165) is 12.0 Å². The fourth-order valence-electron chi connectivity index (χ4n) is 6.25. The minimum Gasteiger partial charge on any atom is -0.362 e. The number of H-pyrrole nitrogens is 1. The van der Waals surface area contributed by atoms with Crippen molar-refractivity contribution >= 4 is 10.9 Å². The van der Waals surface area contributed by atoms with Gasteiger partial charge in [0.1, 0.15) is 0 Å². The Morgan fingerprint density at radius 2 is 1.80 bits per heavy atom. The summed E-state index contributed by atoms with van der Waals surface area (Å²) in [5.41, 5.74) is 7.61. The summed E-state index contributed by atoms with van der Waals surface area (Å²) >= 11 is 0. The van der Waals surface area contributed by atoms with Crippen LogP contribution in [0.1, 0.15) is 63.8 Å². The number of aromatic amines is 1. The number of nitrogens with one attached hydrogen (secondary N) is 1. The maximum atomic E-state index is 3.82. The molecule has 1 aromatic carbocycles. The van der Waals surface area contributed by atoms with Gasteiger partial charge in [-0.25, -0.2) is 0 Å². The zero-order valence-electron chi connectivity index (χ0n) is 16.0. The Kier molecular flexibility index (Phi) is 3.36. The number of rotatable bonds is 1. The van der Waals surface area contributed by atoms with E-state index in [1.165, 1.54) is 47.8 Å². The van der Waals surface area contributed by atoms with E-state index in [-0.39, 0.29) is 0 Å². The molecule has 132 valence electrons. The van der Waals surface area contributed by atoms with Gasteiger partial charge in [0.2, 0.25) is 0 Å². The second-order valence-corrected chi connectivity index (χ2v) is 8.74. The van der Waals surface area contributed by atoms with Crippen molar-refractivity contribution in [1.82, 2.24) is 9.88 Å². The highest BCUT2D eigenvalue weighted by Gasteiger charge is 2.52. The molecule has 5 rings (SSSR count). The van der Waals surface area contributed by atoms with Crippen molar-refractivity contribution in [2.45, 2.75) is 65.5 Å². The summed E-state index contributed by atoms with van der Waals surface area (Å²) in [5, 5.41) is 1.39. The van der Waals surface area contributed by atoms with Crippen molar-refractivity contribution in [3.05, 3.63) is 46.8 Å². The largest absolute Gasteiger partial charge is 0.362 e. The molecule has 25 heavy (non-hydrogen) atoms. The van der Waals surface area contributed by atoms with Gasteiger partial charge in [-0.2, -0.15) is 0 Å². The SMILES string of the molecule is CC1=C2[C@H](C)[C@@H](C)[C@H](c3[nH]c4ccccc4c3C)N2C2CCCCC12. The van der Waals surface area contributed by atoms with Gasteiger partial charge in [-0.3, -0.25) is 0 Å². The van der Waals surface area contributed by atoms with Crippen LogP contribution in [0, 0.1) is 24.7 Å². The number of fused-ring (bicyclic) bond motifs is 4. The van der Waals surface area contributed by atoms with E-state index < -0.39 is 0 Å². The molecule has 1 aliphatic carbocycles. The second-order valence-electron chi connectivity index (χ2n) is 8.74. The number of hydrogen-bond acceptors (Lipinski definition) is 1. The predicted octanol–water partition coefficient (Wildman–Crippen LogP) is 5.95. The van der Waals surface area contributed by atoms with E-state index in [2.05, 4.69) is 61.8 Å². The van der Waals surface area contributed by atoms with Crippen LogP contribution < -0.4 is 0 Å². The first-order valence-corrected chi connectivity index (χ1v) is 10.2. The van der Waals surface area contributed by atoms with Gasteiger partial charge in [-0.15, -0.1) is 0 Å². The highest BCUT2D eigenvalue weighted by atomic mass is 15.3. The van der Waals surface area contributed by atoms with Gasteiger partial charge in [0, 0.05) is 40.2 Å². The lowest BCUT2D eigenvalue weighted by molar-refractivity contribution is 0.143. The van der Waals surface area contributed by atoms with Crippen molar-refractivity contribution in [1.29, 1.82) is 0 Å². The Morgan fingerprint density at radius 3 is 2.60 bits per heavy atom. The number of benzene rings is 1. The Labute approximate surface area is 151 Å². The molecule has 3 heterocycles. The summed E-state index contributed by atoms with van der Waals surface area (Å²) < 4.78 is 0.